The second kappa shape index (κ2) is 8.12. The van der Waals surface area contributed by atoms with Gasteiger partial charge in [-0.05, 0) is 63.6 Å². The first-order valence-electron chi connectivity index (χ1n) is 7.61. The molecule has 0 atom stereocenters. The topological polar surface area (TPSA) is 91.6 Å². The van der Waals surface area contributed by atoms with Crippen LogP contribution in [-0.2, 0) is 9.39 Å². The Kier molecular flexibility index (Phi) is 6.75. The van der Waals surface area contributed by atoms with Gasteiger partial charge in [-0.1, -0.05) is 0 Å². The van der Waals surface area contributed by atoms with Crippen molar-refractivity contribution in [1.82, 2.24) is 0 Å². The van der Waals surface area contributed by atoms with Crippen molar-refractivity contribution in [2.45, 2.75) is 38.9 Å². The molecule has 0 aromatic heterocycles. The van der Waals surface area contributed by atoms with E-state index in [1.807, 2.05) is 0 Å². The number of hydrogen-bond donors (Lipinski definition) is 3. The molecular formula is C17H25BN2O4. The maximum absolute atomic E-state index is 11.4. The lowest BCUT2D eigenvalue weighted by Gasteiger charge is -2.37. The number of ether oxygens (including phenoxy) is 1. The maximum Gasteiger partial charge on any atom is 0.337 e. The van der Waals surface area contributed by atoms with Crippen LogP contribution in [0.4, 0.5) is 5.69 Å². The summed E-state index contributed by atoms with van der Waals surface area (Å²) in [5.74, 6) is -0.389. The van der Waals surface area contributed by atoms with Gasteiger partial charge in [0, 0.05) is 11.9 Å². The van der Waals surface area contributed by atoms with Crippen LogP contribution in [0.3, 0.4) is 0 Å². The summed E-state index contributed by atoms with van der Waals surface area (Å²) in [5.41, 5.74) is 0.0943. The third-order valence-corrected chi connectivity index (χ3v) is 3.99. The van der Waals surface area contributed by atoms with E-state index in [4.69, 9.17) is 10.1 Å². The van der Waals surface area contributed by atoms with Crippen LogP contribution in [-0.4, -0.2) is 43.1 Å². The highest BCUT2D eigenvalue weighted by atomic mass is 16.5. The number of carbonyl (C=O) groups is 1. The van der Waals surface area contributed by atoms with Crippen molar-refractivity contribution in [1.29, 1.82) is 5.41 Å². The molecule has 1 aromatic carbocycles. The van der Waals surface area contributed by atoms with Crippen molar-refractivity contribution in [2.75, 3.05) is 12.4 Å². The normalized spacial score (nSPS) is 12.5. The van der Waals surface area contributed by atoms with Gasteiger partial charge in [0.1, 0.15) is 0 Å². The number of allylic oxidation sites excluding steroid dienone is 1. The quantitative estimate of drug-likeness (QED) is 0.386. The Bertz CT molecular complexity index is 604. The Labute approximate surface area is 143 Å². The van der Waals surface area contributed by atoms with E-state index in [2.05, 4.69) is 10.1 Å². The highest BCUT2D eigenvalue weighted by Gasteiger charge is 2.35. The van der Waals surface area contributed by atoms with Gasteiger partial charge in [0.2, 0.25) is 0 Å². The number of carbonyl (C=O) groups excluding carboxylic acids is 1. The van der Waals surface area contributed by atoms with Gasteiger partial charge < -0.3 is 25.2 Å². The van der Waals surface area contributed by atoms with Crippen molar-refractivity contribution in [3.05, 3.63) is 41.5 Å². The summed E-state index contributed by atoms with van der Waals surface area (Å²) in [6.45, 7) is 6.96. The molecule has 0 saturated heterocycles. The molecular weight excluding hydrogens is 307 g/mol. The summed E-state index contributed by atoms with van der Waals surface area (Å²) >= 11 is 0. The van der Waals surface area contributed by atoms with E-state index in [1.54, 1.807) is 58.2 Å². The van der Waals surface area contributed by atoms with Gasteiger partial charge in [-0.15, -0.1) is 0 Å². The van der Waals surface area contributed by atoms with E-state index in [1.165, 1.54) is 13.3 Å². The summed E-state index contributed by atoms with van der Waals surface area (Å²) in [7, 11) is 1.52. The lowest BCUT2D eigenvalue weighted by molar-refractivity contribution is -0.0895. The van der Waals surface area contributed by atoms with E-state index < -0.39 is 11.2 Å². The van der Waals surface area contributed by atoms with Crippen LogP contribution in [0.25, 0.3) is 0 Å². The van der Waals surface area contributed by atoms with E-state index in [0.29, 0.717) is 11.0 Å². The molecule has 24 heavy (non-hydrogen) atoms. The van der Waals surface area contributed by atoms with E-state index in [9.17, 15) is 9.90 Å². The van der Waals surface area contributed by atoms with Crippen LogP contribution >= 0.6 is 0 Å². The van der Waals surface area contributed by atoms with Gasteiger partial charge in [-0.2, -0.15) is 0 Å². The predicted molar refractivity (Wildman–Crippen MR) is 96.9 cm³/mol. The third-order valence-electron chi connectivity index (χ3n) is 3.99. The number of nitrogens with one attached hydrogen (secondary N) is 2. The van der Waals surface area contributed by atoms with Crippen molar-refractivity contribution < 1.29 is 19.3 Å². The largest absolute Gasteiger partial charge is 0.465 e. The van der Waals surface area contributed by atoms with E-state index >= 15 is 0 Å². The van der Waals surface area contributed by atoms with Crippen LogP contribution in [0.1, 0.15) is 38.1 Å². The average Bonchev–Trinajstić information content (AvgIpc) is 2.53. The third kappa shape index (κ3) is 5.51. The lowest BCUT2D eigenvalue weighted by Crippen LogP contribution is -2.48. The Hall–Kier alpha value is -2.12. The first-order chi connectivity index (χ1) is 11.1. The number of rotatable bonds is 8. The molecule has 0 amide bonds. The number of hydrogen-bond acceptors (Lipinski definition) is 6. The van der Waals surface area contributed by atoms with Crippen LogP contribution in [0, 0.1) is 5.41 Å². The Morgan fingerprint density at radius 3 is 2.29 bits per heavy atom. The molecule has 0 bridgehead atoms. The number of methoxy groups -OCH3 is 1. The molecule has 0 unspecified atom stereocenters. The average molecular weight is 332 g/mol. The molecule has 1 rings (SSSR count). The molecule has 1 aromatic rings. The molecule has 0 spiro atoms. The molecule has 3 N–H and O–H groups in total. The smallest absolute Gasteiger partial charge is 0.337 e. The molecule has 130 valence electrons. The highest BCUT2D eigenvalue weighted by molar-refractivity contribution is 6.45. The zero-order valence-electron chi connectivity index (χ0n) is 14.8. The van der Waals surface area contributed by atoms with Crippen molar-refractivity contribution in [2.24, 2.45) is 0 Å². The van der Waals surface area contributed by atoms with Crippen molar-refractivity contribution in [3.63, 3.8) is 0 Å². The zero-order valence-corrected chi connectivity index (χ0v) is 14.8. The van der Waals surface area contributed by atoms with E-state index in [-0.39, 0.29) is 13.5 Å². The second-order valence-electron chi connectivity index (χ2n) is 6.43. The van der Waals surface area contributed by atoms with Gasteiger partial charge in [-0.3, -0.25) is 0 Å². The Morgan fingerprint density at radius 1 is 1.25 bits per heavy atom. The lowest BCUT2D eigenvalue weighted by atomic mass is 9.83. The Balaban J connectivity index is 2.70. The minimum absolute atomic E-state index is 0.188. The molecule has 0 saturated carbocycles. The monoisotopic (exact) mass is 332 g/mol. The van der Waals surface area contributed by atoms with Gasteiger partial charge in [-0.25, -0.2) is 4.79 Å². The molecule has 0 radical (unpaired) electrons. The van der Waals surface area contributed by atoms with Crippen molar-refractivity contribution in [3.8, 4) is 0 Å². The first kappa shape index (κ1) is 19.9. The van der Waals surface area contributed by atoms with Crippen LogP contribution in [0.5, 0.6) is 0 Å². The number of aliphatic hydroxyl groups is 1. The summed E-state index contributed by atoms with van der Waals surface area (Å²) < 4.78 is 10.4. The van der Waals surface area contributed by atoms with Crippen molar-refractivity contribution >= 4 is 25.4 Å². The summed E-state index contributed by atoms with van der Waals surface area (Å²) in [4.78, 5) is 11.4. The van der Waals surface area contributed by atoms with E-state index in [0.717, 1.165) is 5.69 Å². The molecule has 0 fully saturated rings. The van der Waals surface area contributed by atoms with Crippen LogP contribution < -0.4 is 5.32 Å². The SMILES string of the molecule is COC(=O)c1ccc(N/C=C(/BOC(C)(C)C(C)(C)O)C=N)cc1. The number of esters is 1. The number of benzene rings is 1. The van der Waals surface area contributed by atoms with Crippen LogP contribution in [0.15, 0.2) is 35.9 Å². The van der Waals surface area contributed by atoms with Gasteiger partial charge in [0.15, 0.2) is 0 Å². The highest BCUT2D eigenvalue weighted by Crippen LogP contribution is 2.24. The molecule has 6 nitrogen and oxygen atoms in total. The first-order valence-corrected chi connectivity index (χ1v) is 7.61. The maximum atomic E-state index is 11.4. The minimum Gasteiger partial charge on any atom is -0.465 e. The fraction of sp³-hybridized carbons (Fsp3) is 0.412. The minimum atomic E-state index is -1.00. The predicted octanol–water partition coefficient (Wildman–Crippen LogP) is 2.29. The zero-order chi connectivity index (χ0) is 18.4. The summed E-state index contributed by atoms with van der Waals surface area (Å²) in [6, 6.07) is 6.79. The van der Waals surface area contributed by atoms with Crippen LogP contribution in [0.2, 0.25) is 0 Å². The summed E-state index contributed by atoms with van der Waals surface area (Å²) in [6.07, 6.45) is 2.84. The van der Waals surface area contributed by atoms with Gasteiger partial charge >= 0.3 is 13.5 Å². The fourth-order valence-corrected chi connectivity index (χ4v) is 1.56. The molecule has 0 heterocycles. The summed E-state index contributed by atoms with van der Waals surface area (Å²) in [5, 5.41) is 20.6. The standard InChI is InChI=1S/C17H25BN2O4/c1-16(2,22)17(3,4)24-18-13(10-19)11-20-14-8-6-12(7-9-14)15(21)23-5/h6-11,18-20,22H,1-5H3/b13-11+,19-10?. The molecule has 7 heteroatoms. The molecule has 0 aliphatic rings. The fourth-order valence-electron chi connectivity index (χ4n) is 1.56. The van der Waals surface area contributed by atoms with Gasteiger partial charge in [0.25, 0.3) is 0 Å². The molecule has 0 aliphatic carbocycles. The Morgan fingerprint density at radius 2 is 1.83 bits per heavy atom. The second-order valence-corrected chi connectivity index (χ2v) is 6.43. The number of anilines is 1. The van der Waals surface area contributed by atoms with Gasteiger partial charge in [0.05, 0.1) is 23.9 Å². The molecule has 0 aliphatic heterocycles.